The number of likely N-dealkylation sites (N-methyl/N-ethyl adjacent to an activating group) is 1. The van der Waals surface area contributed by atoms with Crippen molar-refractivity contribution in [2.75, 3.05) is 7.05 Å². The number of benzene rings is 3. The molecule has 3 aromatic heterocycles. The Hall–Kier alpha value is -6.08. The lowest BCUT2D eigenvalue weighted by Crippen LogP contribution is -2.56. The van der Waals surface area contributed by atoms with Crippen LogP contribution in [0.1, 0.15) is 32.6 Å². The van der Waals surface area contributed by atoms with Crippen LogP contribution in [-0.2, 0) is 32.5 Å². The summed E-state index contributed by atoms with van der Waals surface area (Å²) in [5, 5.41) is 7.01. The van der Waals surface area contributed by atoms with E-state index in [0.717, 1.165) is 33.2 Å². The minimum Gasteiger partial charge on any atom is -0.361 e. The van der Waals surface area contributed by atoms with Gasteiger partial charge in [-0.1, -0.05) is 70.9 Å². The Balaban J connectivity index is 1.33. The highest BCUT2D eigenvalue weighted by molar-refractivity contribution is 7.90. The molecule has 3 heterocycles. The number of carbonyl (C=O) groups is 3. The summed E-state index contributed by atoms with van der Waals surface area (Å²) in [7, 11) is -2.84. The first-order chi connectivity index (χ1) is 24.5. The van der Waals surface area contributed by atoms with Crippen molar-refractivity contribution in [2.45, 2.75) is 43.8 Å². The Morgan fingerprint density at radius 1 is 0.863 bits per heavy atom. The van der Waals surface area contributed by atoms with Gasteiger partial charge in [-0.3, -0.25) is 14.4 Å². The second kappa shape index (κ2) is 14.8. The van der Waals surface area contributed by atoms with Crippen molar-refractivity contribution >= 4 is 38.6 Å². The number of aromatic nitrogens is 3. The number of aryl methyl sites for hydroxylation is 2. The van der Waals surface area contributed by atoms with Gasteiger partial charge in [0.15, 0.2) is 10.8 Å². The van der Waals surface area contributed by atoms with E-state index in [9.17, 15) is 22.8 Å². The van der Waals surface area contributed by atoms with Gasteiger partial charge in [0.1, 0.15) is 12.1 Å². The molecule has 3 aromatic carbocycles. The molecule has 0 unspecified atom stereocenters. The number of pyridine rings is 1. The summed E-state index contributed by atoms with van der Waals surface area (Å²) in [6.07, 6.45) is 4.60. The third kappa shape index (κ3) is 8.05. The van der Waals surface area contributed by atoms with Gasteiger partial charge < -0.3 is 19.7 Å². The maximum absolute atomic E-state index is 14.4. The third-order valence-corrected chi connectivity index (χ3v) is 9.81. The largest absolute Gasteiger partial charge is 0.361 e. The van der Waals surface area contributed by atoms with Gasteiger partial charge in [-0.05, 0) is 55.3 Å². The number of carbonyl (C=O) groups excluding carboxylic acids is 3. The van der Waals surface area contributed by atoms with E-state index in [1.807, 2.05) is 68.4 Å². The Morgan fingerprint density at radius 2 is 1.59 bits per heavy atom. The van der Waals surface area contributed by atoms with Gasteiger partial charge in [0.05, 0.1) is 6.20 Å². The molecule has 3 N–H and O–H groups in total. The van der Waals surface area contributed by atoms with Crippen molar-refractivity contribution in [3.8, 4) is 11.3 Å². The first-order valence-electron chi connectivity index (χ1n) is 16.2. The van der Waals surface area contributed by atoms with Gasteiger partial charge in [0, 0.05) is 60.4 Å². The second-order valence-corrected chi connectivity index (χ2v) is 14.0. The number of para-hydroxylation sites is 1. The van der Waals surface area contributed by atoms with E-state index >= 15 is 0 Å². The van der Waals surface area contributed by atoms with Crippen LogP contribution in [0.2, 0.25) is 0 Å². The molecular formula is C38H36N6O6S. The fraction of sp³-hybridized carbons (Fsp3) is 0.184. The average molecular weight is 705 g/mol. The summed E-state index contributed by atoms with van der Waals surface area (Å²) in [5.41, 5.74) is 5.18. The molecule has 0 spiro atoms. The normalized spacial score (nSPS) is 12.6. The maximum Gasteiger partial charge on any atom is 0.281 e. The SMILES string of the molecule is Cc1cc(C)cc(C(=O)N(C)[C@H](Cc2ccc(-c3ccno3)cc2)C(=O)N[C@@H](Cc2c[nH]c3ccccc23)C(=O)NS(=O)(=O)c2ccccn2)c1. The van der Waals surface area contributed by atoms with E-state index in [1.54, 1.807) is 36.7 Å². The lowest BCUT2D eigenvalue weighted by atomic mass is 9.99. The molecule has 0 aliphatic heterocycles. The number of hydrogen-bond acceptors (Lipinski definition) is 8. The molecule has 260 valence electrons. The summed E-state index contributed by atoms with van der Waals surface area (Å²) in [5.74, 6) is -1.43. The molecule has 13 heteroatoms. The highest BCUT2D eigenvalue weighted by atomic mass is 32.2. The summed E-state index contributed by atoms with van der Waals surface area (Å²) < 4.78 is 33.7. The van der Waals surface area contributed by atoms with Crippen molar-refractivity contribution in [3.63, 3.8) is 0 Å². The Bertz CT molecular complexity index is 2270. The predicted molar refractivity (Wildman–Crippen MR) is 191 cm³/mol. The van der Waals surface area contributed by atoms with Gasteiger partial charge in [0.2, 0.25) is 5.91 Å². The number of hydrogen-bond donors (Lipinski definition) is 3. The molecule has 0 aliphatic carbocycles. The van der Waals surface area contributed by atoms with Crippen LogP contribution in [0.4, 0.5) is 0 Å². The molecule has 0 fully saturated rings. The predicted octanol–water partition coefficient (Wildman–Crippen LogP) is 4.75. The Labute approximate surface area is 294 Å². The number of rotatable bonds is 12. The van der Waals surface area contributed by atoms with Gasteiger partial charge >= 0.3 is 0 Å². The van der Waals surface area contributed by atoms with E-state index in [0.29, 0.717) is 16.9 Å². The molecule has 2 atom stereocenters. The van der Waals surface area contributed by atoms with E-state index < -0.39 is 39.8 Å². The van der Waals surface area contributed by atoms with Crippen LogP contribution >= 0.6 is 0 Å². The molecule has 6 aromatic rings. The minimum atomic E-state index is -4.37. The maximum atomic E-state index is 14.4. The second-order valence-electron chi connectivity index (χ2n) is 12.3. The van der Waals surface area contributed by atoms with E-state index in [2.05, 4.69) is 25.2 Å². The smallest absolute Gasteiger partial charge is 0.281 e. The summed E-state index contributed by atoms with van der Waals surface area (Å²) in [6.45, 7) is 3.77. The molecule has 0 saturated heterocycles. The molecule has 12 nitrogen and oxygen atoms in total. The number of amides is 3. The lowest BCUT2D eigenvalue weighted by molar-refractivity contribution is -0.130. The fourth-order valence-electron chi connectivity index (χ4n) is 6.00. The van der Waals surface area contributed by atoms with Crippen LogP contribution in [0, 0.1) is 13.8 Å². The first kappa shape index (κ1) is 34.8. The van der Waals surface area contributed by atoms with Crippen molar-refractivity contribution < 1.29 is 27.3 Å². The number of H-pyrrole nitrogens is 1. The quantitative estimate of drug-likeness (QED) is 0.164. The fourth-order valence-corrected chi connectivity index (χ4v) is 6.97. The molecule has 3 amide bonds. The van der Waals surface area contributed by atoms with Crippen molar-refractivity contribution in [1.82, 2.24) is 30.1 Å². The van der Waals surface area contributed by atoms with E-state index in [-0.39, 0.29) is 17.9 Å². The molecule has 51 heavy (non-hydrogen) atoms. The van der Waals surface area contributed by atoms with E-state index in [4.69, 9.17) is 4.52 Å². The zero-order valence-electron chi connectivity index (χ0n) is 28.2. The third-order valence-electron chi connectivity index (χ3n) is 8.54. The number of aromatic amines is 1. The molecule has 6 rings (SSSR count). The molecule has 0 radical (unpaired) electrons. The lowest BCUT2D eigenvalue weighted by Gasteiger charge is -2.29. The topological polar surface area (TPSA) is 167 Å². The average Bonchev–Trinajstić information content (AvgIpc) is 3.81. The van der Waals surface area contributed by atoms with Crippen molar-refractivity contribution in [2.24, 2.45) is 0 Å². The van der Waals surface area contributed by atoms with Gasteiger partial charge in [-0.2, -0.15) is 8.42 Å². The minimum absolute atomic E-state index is 0.0489. The van der Waals surface area contributed by atoms with Crippen LogP contribution in [-0.4, -0.2) is 65.3 Å². The first-order valence-corrected chi connectivity index (χ1v) is 17.7. The summed E-state index contributed by atoms with van der Waals surface area (Å²) in [4.78, 5) is 50.5. The number of nitrogens with zero attached hydrogens (tertiary/aromatic N) is 3. The van der Waals surface area contributed by atoms with Crippen LogP contribution in [0.15, 0.2) is 119 Å². The molecule has 0 saturated carbocycles. The molecule has 0 bridgehead atoms. The summed E-state index contributed by atoms with van der Waals surface area (Å²) in [6, 6.07) is 23.8. The Morgan fingerprint density at radius 3 is 2.27 bits per heavy atom. The summed E-state index contributed by atoms with van der Waals surface area (Å²) >= 11 is 0. The van der Waals surface area contributed by atoms with Crippen molar-refractivity contribution in [1.29, 1.82) is 0 Å². The zero-order valence-corrected chi connectivity index (χ0v) is 29.0. The number of fused-ring (bicyclic) bond motifs is 1. The van der Waals surface area contributed by atoms with Crippen molar-refractivity contribution in [3.05, 3.63) is 137 Å². The van der Waals surface area contributed by atoms with Crippen LogP contribution in [0.25, 0.3) is 22.2 Å². The van der Waals surface area contributed by atoms with Crippen LogP contribution in [0.5, 0.6) is 0 Å². The monoisotopic (exact) mass is 704 g/mol. The number of sulfonamides is 1. The standard InChI is InChI=1S/C38H36N6O6S/c1-24-18-25(2)20-28(19-24)38(47)44(3)33(21-26-11-13-27(14-12-26)34-15-17-41-50-34)37(46)42-32(22-29-23-40-31-9-5-4-8-30(29)31)36(45)43-51(48,49)35-10-6-7-16-39-35/h4-20,23,32-33,40H,21-22H2,1-3H3,(H,42,46)(H,43,45)/t32-,33+/m0/s1. The van der Waals surface area contributed by atoms with Gasteiger partial charge in [0.25, 0.3) is 21.8 Å². The Kier molecular flexibility index (Phi) is 10.1. The zero-order chi connectivity index (χ0) is 36.1. The number of nitrogens with one attached hydrogen (secondary N) is 3. The van der Waals surface area contributed by atoms with Gasteiger partial charge in [-0.15, -0.1) is 0 Å². The van der Waals surface area contributed by atoms with E-state index in [1.165, 1.54) is 30.3 Å². The van der Waals surface area contributed by atoms with Crippen LogP contribution in [0.3, 0.4) is 0 Å². The molecule has 0 aliphatic rings. The molecular weight excluding hydrogens is 669 g/mol. The highest BCUT2D eigenvalue weighted by Gasteiger charge is 2.33. The highest BCUT2D eigenvalue weighted by Crippen LogP contribution is 2.23. The van der Waals surface area contributed by atoms with Crippen LogP contribution < -0.4 is 10.0 Å². The van der Waals surface area contributed by atoms with Gasteiger partial charge in [-0.25, -0.2) is 9.71 Å².